The summed E-state index contributed by atoms with van der Waals surface area (Å²) in [5.74, 6) is 0.658. The third-order valence-corrected chi connectivity index (χ3v) is 3.08. The highest BCUT2D eigenvalue weighted by Gasteiger charge is 2.31. The van der Waals surface area contributed by atoms with Crippen molar-refractivity contribution >= 4 is 0 Å². The lowest BCUT2D eigenvalue weighted by Gasteiger charge is -2.16. The van der Waals surface area contributed by atoms with Gasteiger partial charge in [0, 0.05) is 12.1 Å². The number of hydrogen-bond acceptors (Lipinski definition) is 4. The zero-order valence-corrected chi connectivity index (χ0v) is 13.3. The maximum Gasteiger partial charge on any atom is 0.573 e. The monoisotopic (exact) mass is 341 g/mol. The van der Waals surface area contributed by atoms with Crippen LogP contribution < -0.4 is 9.47 Å². The van der Waals surface area contributed by atoms with Crippen LogP contribution >= 0.6 is 0 Å². The van der Waals surface area contributed by atoms with Crippen LogP contribution in [0.3, 0.4) is 0 Å². The zero-order valence-electron chi connectivity index (χ0n) is 13.3. The molecule has 0 saturated carbocycles. The molecule has 0 aromatic heterocycles. The Bertz CT molecular complexity index is 670. The van der Waals surface area contributed by atoms with Gasteiger partial charge in [-0.3, -0.25) is 0 Å². The highest BCUT2D eigenvalue weighted by Crippen LogP contribution is 2.30. The quantitative estimate of drug-likeness (QED) is 0.864. The van der Waals surface area contributed by atoms with E-state index in [9.17, 15) is 18.3 Å². The Kier molecular flexibility index (Phi) is 5.69. The summed E-state index contributed by atoms with van der Waals surface area (Å²) >= 11 is 0. The van der Waals surface area contributed by atoms with Crippen LogP contribution in [0.25, 0.3) is 0 Å². The minimum Gasteiger partial charge on any atom is -0.457 e. The molecule has 130 valence electrons. The molecule has 0 saturated heterocycles. The molecular formula is C17H18F3NO3. The Balaban J connectivity index is 2.18. The van der Waals surface area contributed by atoms with Crippen molar-refractivity contribution in [2.75, 3.05) is 14.1 Å². The second kappa shape index (κ2) is 7.55. The SMILES string of the molecule is CN(C)Cc1cc(CO)ccc1Oc1ccc(OC(F)(F)F)cc1. The van der Waals surface area contributed by atoms with E-state index < -0.39 is 6.36 Å². The van der Waals surface area contributed by atoms with E-state index in [0.29, 0.717) is 18.0 Å². The lowest BCUT2D eigenvalue weighted by molar-refractivity contribution is -0.274. The number of ether oxygens (including phenoxy) is 2. The Morgan fingerprint density at radius 3 is 2.17 bits per heavy atom. The normalized spacial score (nSPS) is 11.6. The summed E-state index contributed by atoms with van der Waals surface area (Å²) in [5.41, 5.74) is 1.62. The third-order valence-electron chi connectivity index (χ3n) is 3.08. The van der Waals surface area contributed by atoms with Crippen molar-refractivity contribution < 1.29 is 27.8 Å². The average Bonchev–Trinajstić information content (AvgIpc) is 2.49. The molecule has 0 atom stereocenters. The van der Waals surface area contributed by atoms with E-state index in [-0.39, 0.29) is 12.4 Å². The molecule has 2 aromatic rings. The molecule has 4 nitrogen and oxygen atoms in total. The summed E-state index contributed by atoms with van der Waals surface area (Å²) in [4.78, 5) is 1.95. The number of benzene rings is 2. The Labute approximate surface area is 138 Å². The van der Waals surface area contributed by atoms with E-state index in [4.69, 9.17) is 4.74 Å². The number of halogens is 3. The van der Waals surface area contributed by atoms with Crippen molar-refractivity contribution in [3.05, 3.63) is 53.6 Å². The maximum absolute atomic E-state index is 12.2. The number of aliphatic hydroxyl groups is 1. The number of hydrogen-bond donors (Lipinski definition) is 1. The van der Waals surface area contributed by atoms with Crippen molar-refractivity contribution in [1.82, 2.24) is 4.90 Å². The van der Waals surface area contributed by atoms with Gasteiger partial charge in [0.05, 0.1) is 6.61 Å². The molecule has 0 aliphatic heterocycles. The molecule has 0 bridgehead atoms. The Morgan fingerprint density at radius 1 is 1.00 bits per heavy atom. The minimum atomic E-state index is -4.72. The first-order valence-electron chi connectivity index (χ1n) is 7.18. The first-order valence-corrected chi connectivity index (χ1v) is 7.18. The van der Waals surface area contributed by atoms with E-state index in [0.717, 1.165) is 11.1 Å². The largest absolute Gasteiger partial charge is 0.573 e. The summed E-state index contributed by atoms with van der Waals surface area (Å²) < 4.78 is 46.0. The van der Waals surface area contributed by atoms with E-state index in [2.05, 4.69) is 4.74 Å². The van der Waals surface area contributed by atoms with Crippen LogP contribution in [-0.2, 0) is 13.2 Å². The number of aliphatic hydroxyl groups excluding tert-OH is 1. The molecule has 7 heteroatoms. The fourth-order valence-electron chi connectivity index (χ4n) is 2.13. The van der Waals surface area contributed by atoms with Gasteiger partial charge < -0.3 is 19.5 Å². The van der Waals surface area contributed by atoms with Gasteiger partial charge in [0.1, 0.15) is 17.2 Å². The molecule has 0 aliphatic rings. The molecule has 0 unspecified atom stereocenters. The summed E-state index contributed by atoms with van der Waals surface area (Å²) in [6, 6.07) is 10.5. The van der Waals surface area contributed by atoms with Gasteiger partial charge in [-0.1, -0.05) is 6.07 Å². The van der Waals surface area contributed by atoms with Gasteiger partial charge >= 0.3 is 6.36 Å². The third kappa shape index (κ3) is 5.43. The smallest absolute Gasteiger partial charge is 0.457 e. The predicted molar refractivity (Wildman–Crippen MR) is 83.0 cm³/mol. The highest BCUT2D eigenvalue weighted by molar-refractivity contribution is 5.41. The molecule has 0 aliphatic carbocycles. The van der Waals surface area contributed by atoms with Crippen LogP contribution in [0.2, 0.25) is 0 Å². The van der Waals surface area contributed by atoms with Gasteiger partial charge in [-0.2, -0.15) is 0 Å². The first-order chi connectivity index (χ1) is 11.3. The maximum atomic E-state index is 12.2. The second-order valence-electron chi connectivity index (χ2n) is 5.46. The fourth-order valence-corrected chi connectivity index (χ4v) is 2.13. The van der Waals surface area contributed by atoms with Gasteiger partial charge in [-0.05, 0) is 56.1 Å². The lowest BCUT2D eigenvalue weighted by atomic mass is 10.1. The molecule has 2 aromatic carbocycles. The Morgan fingerprint density at radius 2 is 1.62 bits per heavy atom. The van der Waals surface area contributed by atoms with E-state index >= 15 is 0 Å². The van der Waals surface area contributed by atoms with Gasteiger partial charge in [0.15, 0.2) is 0 Å². The van der Waals surface area contributed by atoms with Crippen LogP contribution in [0.5, 0.6) is 17.2 Å². The van der Waals surface area contributed by atoms with Gasteiger partial charge in [0.25, 0.3) is 0 Å². The van der Waals surface area contributed by atoms with E-state index in [1.165, 1.54) is 24.3 Å². The van der Waals surface area contributed by atoms with Crippen LogP contribution in [0.1, 0.15) is 11.1 Å². The number of nitrogens with zero attached hydrogens (tertiary/aromatic N) is 1. The molecule has 0 radical (unpaired) electrons. The molecule has 24 heavy (non-hydrogen) atoms. The molecule has 0 heterocycles. The molecule has 0 amide bonds. The number of alkyl halides is 3. The summed E-state index contributed by atoms with van der Waals surface area (Å²) in [6.07, 6.45) is -4.72. The van der Waals surface area contributed by atoms with Crippen molar-refractivity contribution in [3.63, 3.8) is 0 Å². The highest BCUT2D eigenvalue weighted by atomic mass is 19.4. The topological polar surface area (TPSA) is 41.9 Å². The summed E-state index contributed by atoms with van der Waals surface area (Å²) in [6.45, 7) is 0.516. The van der Waals surface area contributed by atoms with Gasteiger partial charge in [0.2, 0.25) is 0 Å². The summed E-state index contributed by atoms with van der Waals surface area (Å²) in [5, 5.41) is 9.24. The van der Waals surface area contributed by atoms with Gasteiger partial charge in [-0.15, -0.1) is 13.2 Å². The average molecular weight is 341 g/mol. The predicted octanol–water partition coefficient (Wildman–Crippen LogP) is 3.93. The van der Waals surface area contributed by atoms with Crippen molar-refractivity contribution in [3.8, 4) is 17.2 Å². The van der Waals surface area contributed by atoms with Crippen LogP contribution in [-0.4, -0.2) is 30.5 Å². The van der Waals surface area contributed by atoms with Crippen LogP contribution in [0.4, 0.5) is 13.2 Å². The summed E-state index contributed by atoms with van der Waals surface area (Å²) in [7, 11) is 3.80. The minimum absolute atomic E-state index is 0.0792. The number of rotatable bonds is 6. The van der Waals surface area contributed by atoms with Crippen molar-refractivity contribution in [2.24, 2.45) is 0 Å². The van der Waals surface area contributed by atoms with Crippen molar-refractivity contribution in [1.29, 1.82) is 0 Å². The van der Waals surface area contributed by atoms with E-state index in [1.807, 2.05) is 25.1 Å². The second-order valence-corrected chi connectivity index (χ2v) is 5.46. The van der Waals surface area contributed by atoms with Crippen molar-refractivity contribution in [2.45, 2.75) is 19.5 Å². The molecule has 1 N–H and O–H groups in total. The first kappa shape index (κ1) is 18.1. The Hall–Kier alpha value is -2.25. The standard InChI is InChI=1S/C17H18F3NO3/c1-21(2)10-13-9-12(11-22)3-8-16(13)23-14-4-6-15(7-5-14)24-17(18,19)20/h3-9,22H,10-11H2,1-2H3. The van der Waals surface area contributed by atoms with Gasteiger partial charge in [-0.25, -0.2) is 0 Å². The molecule has 0 fully saturated rings. The van der Waals surface area contributed by atoms with E-state index in [1.54, 1.807) is 12.1 Å². The molecular weight excluding hydrogens is 323 g/mol. The molecule has 0 spiro atoms. The lowest BCUT2D eigenvalue weighted by Crippen LogP contribution is -2.16. The zero-order chi connectivity index (χ0) is 17.7. The molecule has 2 rings (SSSR count). The fraction of sp³-hybridized carbons (Fsp3) is 0.294. The van der Waals surface area contributed by atoms with Crippen LogP contribution in [0.15, 0.2) is 42.5 Å². The van der Waals surface area contributed by atoms with Crippen LogP contribution in [0, 0.1) is 0 Å².